The number of nitriles is 1. The Morgan fingerprint density at radius 3 is 2.56 bits per heavy atom. The number of hydrogen-bond donors (Lipinski definition) is 1. The lowest BCUT2D eigenvalue weighted by Gasteiger charge is -2.01. The van der Waals surface area contributed by atoms with Crippen molar-refractivity contribution in [1.82, 2.24) is 4.98 Å². The number of aryl methyl sites for hydroxylation is 1. The normalized spacial score (nSPS) is 11.0. The summed E-state index contributed by atoms with van der Waals surface area (Å²) in [5, 5.41) is 14.3. The van der Waals surface area contributed by atoms with Crippen LogP contribution >= 0.6 is 11.3 Å². The number of anilines is 1. The fraction of sp³-hybridized carbons (Fsp3) is 0.0500. The van der Waals surface area contributed by atoms with E-state index < -0.39 is 5.91 Å². The zero-order valence-corrected chi connectivity index (χ0v) is 14.4. The van der Waals surface area contributed by atoms with E-state index in [1.165, 1.54) is 16.9 Å². The zero-order chi connectivity index (χ0) is 17.6. The Kier molecular flexibility index (Phi) is 5.03. The van der Waals surface area contributed by atoms with Gasteiger partial charge in [-0.15, -0.1) is 11.3 Å². The summed E-state index contributed by atoms with van der Waals surface area (Å²) in [6.45, 7) is 2.03. The minimum absolute atomic E-state index is 0.0401. The summed E-state index contributed by atoms with van der Waals surface area (Å²) < 4.78 is 0. The minimum atomic E-state index is -0.462. The van der Waals surface area contributed by atoms with Crippen LogP contribution in [0.3, 0.4) is 0 Å². The lowest BCUT2D eigenvalue weighted by molar-refractivity contribution is -0.112. The molecule has 3 rings (SSSR count). The average Bonchev–Trinajstić information content (AvgIpc) is 3.09. The number of carbonyl (C=O) groups excluding carboxylic acids is 1. The van der Waals surface area contributed by atoms with Crippen LogP contribution in [0.4, 0.5) is 5.13 Å². The van der Waals surface area contributed by atoms with Crippen LogP contribution in [0.5, 0.6) is 0 Å². The van der Waals surface area contributed by atoms with E-state index in [9.17, 15) is 10.1 Å². The molecule has 1 N–H and O–H groups in total. The van der Waals surface area contributed by atoms with E-state index in [1.54, 1.807) is 6.08 Å². The molecule has 0 saturated carbocycles. The first-order valence-electron chi connectivity index (χ1n) is 7.66. The molecule has 0 aliphatic heterocycles. The highest BCUT2D eigenvalue weighted by molar-refractivity contribution is 7.14. The maximum absolute atomic E-state index is 12.3. The topological polar surface area (TPSA) is 65.8 Å². The number of benzene rings is 2. The maximum atomic E-state index is 12.3. The van der Waals surface area contributed by atoms with Crippen molar-refractivity contribution in [3.05, 3.63) is 76.7 Å². The Labute approximate surface area is 150 Å². The minimum Gasteiger partial charge on any atom is -0.297 e. The Morgan fingerprint density at radius 2 is 1.88 bits per heavy atom. The molecular weight excluding hydrogens is 330 g/mol. The third kappa shape index (κ3) is 4.19. The molecule has 0 bridgehead atoms. The molecule has 3 aromatic rings. The van der Waals surface area contributed by atoms with Crippen molar-refractivity contribution in [2.24, 2.45) is 0 Å². The van der Waals surface area contributed by atoms with Crippen molar-refractivity contribution < 1.29 is 4.79 Å². The monoisotopic (exact) mass is 345 g/mol. The van der Waals surface area contributed by atoms with E-state index in [4.69, 9.17) is 0 Å². The van der Waals surface area contributed by atoms with E-state index in [0.717, 1.165) is 16.8 Å². The van der Waals surface area contributed by atoms with Gasteiger partial charge < -0.3 is 0 Å². The smallest absolute Gasteiger partial charge is 0.268 e. The zero-order valence-electron chi connectivity index (χ0n) is 13.6. The fourth-order valence-corrected chi connectivity index (χ4v) is 2.93. The SMILES string of the molecule is Cc1ccc(-c2csc(NC(=O)/C(C#N)=C/c3ccccc3)n2)cc1. The van der Waals surface area contributed by atoms with Crippen LogP contribution < -0.4 is 5.32 Å². The first kappa shape index (κ1) is 16.6. The van der Waals surface area contributed by atoms with Gasteiger partial charge in [-0.25, -0.2) is 4.98 Å². The lowest BCUT2D eigenvalue weighted by atomic mass is 10.1. The van der Waals surface area contributed by atoms with Gasteiger partial charge in [0.15, 0.2) is 5.13 Å². The quantitative estimate of drug-likeness (QED) is 0.552. The number of nitrogens with zero attached hydrogens (tertiary/aromatic N) is 2. The number of rotatable bonds is 4. The lowest BCUT2D eigenvalue weighted by Crippen LogP contribution is -2.13. The van der Waals surface area contributed by atoms with Crippen LogP contribution in [0.25, 0.3) is 17.3 Å². The molecule has 0 radical (unpaired) electrons. The van der Waals surface area contributed by atoms with Gasteiger partial charge in [0.05, 0.1) is 5.69 Å². The van der Waals surface area contributed by atoms with Gasteiger partial charge in [-0.3, -0.25) is 10.1 Å². The number of hydrogen-bond acceptors (Lipinski definition) is 4. The molecule has 122 valence electrons. The molecule has 0 spiro atoms. The van der Waals surface area contributed by atoms with Crippen LogP contribution in [0.1, 0.15) is 11.1 Å². The van der Waals surface area contributed by atoms with Crippen molar-refractivity contribution in [2.75, 3.05) is 5.32 Å². The average molecular weight is 345 g/mol. The highest BCUT2D eigenvalue weighted by Gasteiger charge is 2.12. The van der Waals surface area contributed by atoms with Gasteiger partial charge in [-0.1, -0.05) is 60.2 Å². The number of aromatic nitrogens is 1. The molecule has 0 atom stereocenters. The summed E-state index contributed by atoms with van der Waals surface area (Å²) in [7, 11) is 0. The maximum Gasteiger partial charge on any atom is 0.268 e. The van der Waals surface area contributed by atoms with Crippen molar-refractivity contribution in [3.8, 4) is 17.3 Å². The third-order valence-corrected chi connectivity index (χ3v) is 4.31. The van der Waals surface area contributed by atoms with Gasteiger partial charge in [0.25, 0.3) is 5.91 Å². The van der Waals surface area contributed by atoms with Crippen LogP contribution in [-0.2, 0) is 4.79 Å². The molecular formula is C20H15N3OS. The summed E-state index contributed by atoms with van der Waals surface area (Å²) in [5.74, 6) is -0.462. The largest absolute Gasteiger partial charge is 0.297 e. The Morgan fingerprint density at radius 1 is 1.16 bits per heavy atom. The second kappa shape index (κ2) is 7.56. The first-order chi connectivity index (χ1) is 12.2. The standard InChI is InChI=1S/C20H15N3OS/c1-14-7-9-16(10-8-14)18-13-25-20(22-18)23-19(24)17(12-21)11-15-5-3-2-4-6-15/h2-11,13H,1H3,(H,22,23,24)/b17-11+. The highest BCUT2D eigenvalue weighted by Crippen LogP contribution is 2.25. The van der Waals surface area contributed by atoms with Crippen LogP contribution in [0.2, 0.25) is 0 Å². The molecule has 0 unspecified atom stereocenters. The molecule has 0 saturated heterocycles. The van der Waals surface area contributed by atoms with Gasteiger partial charge in [-0.05, 0) is 18.6 Å². The van der Waals surface area contributed by atoms with Crippen molar-refractivity contribution in [1.29, 1.82) is 5.26 Å². The summed E-state index contributed by atoms with van der Waals surface area (Å²) in [4.78, 5) is 16.7. The predicted molar refractivity (Wildman–Crippen MR) is 101 cm³/mol. The van der Waals surface area contributed by atoms with Crippen LogP contribution in [0, 0.1) is 18.3 Å². The number of carbonyl (C=O) groups is 1. The molecule has 2 aromatic carbocycles. The molecule has 1 amide bonds. The van der Waals surface area contributed by atoms with Crippen molar-refractivity contribution in [2.45, 2.75) is 6.92 Å². The molecule has 0 fully saturated rings. The van der Waals surface area contributed by atoms with E-state index >= 15 is 0 Å². The van der Waals surface area contributed by atoms with Crippen molar-refractivity contribution in [3.63, 3.8) is 0 Å². The molecule has 5 heteroatoms. The summed E-state index contributed by atoms with van der Waals surface area (Å²) in [6, 6.07) is 19.2. The molecule has 4 nitrogen and oxygen atoms in total. The number of thiazole rings is 1. The first-order valence-corrected chi connectivity index (χ1v) is 8.54. The van der Waals surface area contributed by atoms with Crippen molar-refractivity contribution >= 4 is 28.5 Å². The summed E-state index contributed by atoms with van der Waals surface area (Å²) in [6.07, 6.45) is 1.56. The molecule has 1 heterocycles. The Bertz CT molecular complexity index is 951. The van der Waals surface area contributed by atoms with Crippen LogP contribution in [0.15, 0.2) is 65.6 Å². The fourth-order valence-electron chi connectivity index (χ4n) is 2.22. The second-order valence-corrected chi connectivity index (χ2v) is 6.30. The molecule has 0 aliphatic rings. The van der Waals surface area contributed by atoms with E-state index in [0.29, 0.717) is 5.13 Å². The number of nitrogens with one attached hydrogen (secondary N) is 1. The molecule has 1 aromatic heterocycles. The van der Waals surface area contributed by atoms with Gasteiger partial charge >= 0.3 is 0 Å². The van der Waals surface area contributed by atoms with E-state index in [2.05, 4.69) is 10.3 Å². The van der Waals surface area contributed by atoms with E-state index in [-0.39, 0.29) is 5.57 Å². The highest BCUT2D eigenvalue weighted by atomic mass is 32.1. The van der Waals surface area contributed by atoms with E-state index in [1.807, 2.05) is 73.0 Å². The summed E-state index contributed by atoms with van der Waals surface area (Å²) in [5.41, 5.74) is 3.80. The number of amides is 1. The summed E-state index contributed by atoms with van der Waals surface area (Å²) >= 11 is 1.33. The van der Waals surface area contributed by atoms with Gasteiger partial charge in [-0.2, -0.15) is 5.26 Å². The second-order valence-electron chi connectivity index (χ2n) is 5.44. The Hall–Kier alpha value is -3.23. The molecule has 0 aliphatic carbocycles. The third-order valence-electron chi connectivity index (χ3n) is 3.55. The Balaban J connectivity index is 1.76. The van der Waals surface area contributed by atoms with Crippen LogP contribution in [-0.4, -0.2) is 10.9 Å². The van der Waals surface area contributed by atoms with Gasteiger partial charge in [0.2, 0.25) is 0 Å². The molecule has 25 heavy (non-hydrogen) atoms. The van der Waals surface area contributed by atoms with Gasteiger partial charge in [0, 0.05) is 10.9 Å². The predicted octanol–water partition coefficient (Wildman–Crippen LogP) is 4.66. The van der Waals surface area contributed by atoms with Gasteiger partial charge in [0.1, 0.15) is 11.6 Å².